The van der Waals surface area contributed by atoms with Crippen LogP contribution >= 0.6 is 0 Å². The van der Waals surface area contributed by atoms with E-state index >= 15 is 0 Å². The summed E-state index contributed by atoms with van der Waals surface area (Å²) in [6.45, 7) is 44.2. The second-order valence-electron chi connectivity index (χ2n) is 35.4. The lowest BCUT2D eigenvalue weighted by Gasteiger charge is -2.36. The number of nitrogens with one attached hydrogen (secondary N) is 2. The van der Waals surface area contributed by atoms with E-state index in [9.17, 15) is 0 Å². The van der Waals surface area contributed by atoms with E-state index in [1.165, 1.54) is 22.3 Å². The summed E-state index contributed by atoms with van der Waals surface area (Å²) in [7, 11) is 0. The van der Waals surface area contributed by atoms with Crippen LogP contribution in [0, 0.1) is 0 Å². The van der Waals surface area contributed by atoms with Gasteiger partial charge in [-0.25, -0.2) is 9.98 Å². The number of hydrogen-bond donors (Lipinski definition) is 2. The van der Waals surface area contributed by atoms with Crippen molar-refractivity contribution in [1.29, 1.82) is 0 Å². The molecule has 642 valence electrons. The van der Waals surface area contributed by atoms with Gasteiger partial charge in [0.1, 0.15) is 26.2 Å². The molecule has 14 aromatic rings. The molecule has 4 heterocycles. The highest BCUT2D eigenvalue weighted by Crippen LogP contribution is 2.55. The van der Waals surface area contributed by atoms with Crippen molar-refractivity contribution in [2.45, 2.75) is 109 Å². The second-order valence-corrected chi connectivity index (χ2v) is 35.4. The first kappa shape index (κ1) is 87.2. The van der Waals surface area contributed by atoms with Gasteiger partial charge in [-0.1, -0.05) is 340 Å². The van der Waals surface area contributed by atoms with Crippen molar-refractivity contribution in [2.24, 2.45) is 9.98 Å². The Morgan fingerprint density at radius 3 is 0.586 bits per heavy atom. The van der Waals surface area contributed by atoms with Crippen LogP contribution < -0.4 is 10.7 Å². The normalized spacial score (nSPS) is 13.9. The number of fused-ring (bicyclic) bond motifs is 10. The number of rotatable bonds is 32. The highest BCUT2D eigenvalue weighted by molar-refractivity contribution is 6.53. The van der Waals surface area contributed by atoms with Crippen LogP contribution in [0.15, 0.2) is 361 Å². The lowest BCUT2D eigenvalue weighted by molar-refractivity contribution is -0.936. The largest absolute Gasteiger partial charge is 0.353 e. The van der Waals surface area contributed by atoms with Gasteiger partial charge < -0.3 is 27.9 Å². The summed E-state index contributed by atoms with van der Waals surface area (Å²) < 4.78 is 3.89. The van der Waals surface area contributed by atoms with Crippen LogP contribution in [0.2, 0.25) is 0 Å². The molecule has 0 unspecified atom stereocenters. The van der Waals surface area contributed by atoms with Crippen LogP contribution in [0.4, 0.5) is 0 Å². The maximum atomic E-state index is 6.84. The summed E-state index contributed by atoms with van der Waals surface area (Å²) in [5.74, 6) is 0. The average Bonchev–Trinajstić information content (AvgIpc) is 1.55. The minimum atomic E-state index is 0.848. The number of aromatic amines is 2. The monoisotopic (exact) mass is 1680 g/mol. The fraction of sp³-hybridized carbons (Fsp3) is 0.233. The van der Waals surface area contributed by atoms with E-state index in [2.05, 4.69) is 423 Å². The van der Waals surface area contributed by atoms with Crippen molar-refractivity contribution in [3.05, 3.63) is 440 Å². The number of aliphatic imine (C=N–C) groups is 2. The van der Waals surface area contributed by atoms with Gasteiger partial charge >= 0.3 is 0 Å². The van der Waals surface area contributed by atoms with Gasteiger partial charge in [0.15, 0.2) is 0 Å². The molecule has 2 aliphatic heterocycles. The molecule has 0 atom stereocenters. The van der Waals surface area contributed by atoms with E-state index in [-0.39, 0.29) is 0 Å². The van der Waals surface area contributed by atoms with E-state index in [0.717, 1.165) is 301 Å². The molecular formula is C120H126N8+4. The quantitative estimate of drug-likeness (QED) is 0.0395. The lowest BCUT2D eigenvalue weighted by atomic mass is 9.83. The Morgan fingerprint density at radius 1 is 0.180 bits per heavy atom. The number of benzene rings is 12. The Labute approximate surface area is 761 Å². The third-order valence-electron chi connectivity index (χ3n) is 29.4. The summed E-state index contributed by atoms with van der Waals surface area (Å²) in [5, 5.41) is 1.87. The van der Waals surface area contributed by atoms with Crippen LogP contribution in [-0.4, -0.2) is 118 Å². The zero-order chi connectivity index (χ0) is 88.5. The van der Waals surface area contributed by atoms with Gasteiger partial charge in [0.05, 0.1) is 123 Å². The van der Waals surface area contributed by atoms with Gasteiger partial charge in [0, 0.05) is 89.1 Å². The Morgan fingerprint density at radius 2 is 0.367 bits per heavy atom. The Hall–Kier alpha value is -12.9. The Balaban J connectivity index is 1.20. The topological polar surface area (TPSA) is 56.3 Å². The lowest BCUT2D eigenvalue weighted by Crippen LogP contribution is -2.46. The third kappa shape index (κ3) is 16.8. The molecule has 1 aliphatic carbocycles. The standard InChI is InChI=1S/C120H126N8/c1-13-125(14-2,15-3)81-85-65-73-97(74-66-85)109-113-101(89-49-33-25-34-50-89)103(91-53-37-27-38-54-91)115(121-113)110(98-75-67-86(68-76-98)82-126(16-4,17-5)18-6)117-105(93-57-41-29-42-58-93)107(95-61-45-31-46-62-95)119(123-117)112(100-79-71-88(72-80-100)84-128(22-10,23-11)24-12)120-108(96-63-47-32-48-64-96)106(94-59-43-30-44-60-94)118(124-120)111(99-77-69-87(70-78-99)83-127(19-7,20-8)21-9)116-104(92-55-39-28-40-56-92)102(114(109)122-116)90-51-35-26-36-52-90/h25-80,121,124H,13-24,81-84H2,1-12H3/q+4. The molecule has 12 aromatic carbocycles. The van der Waals surface area contributed by atoms with Gasteiger partial charge in [-0.05, 0) is 150 Å². The molecule has 17 rings (SSSR count). The van der Waals surface area contributed by atoms with Gasteiger partial charge in [-0.3, -0.25) is 0 Å². The first-order valence-electron chi connectivity index (χ1n) is 47.4. The smallest absolute Gasteiger partial charge is 0.104 e. The van der Waals surface area contributed by atoms with Crippen LogP contribution in [0.25, 0.3) is 89.1 Å². The first-order chi connectivity index (χ1) is 62.8. The predicted molar refractivity (Wildman–Crippen MR) is 542 cm³/mol. The predicted octanol–water partition coefficient (Wildman–Crippen LogP) is 26.3. The fourth-order valence-corrected chi connectivity index (χ4v) is 20.8. The van der Waals surface area contributed by atoms with Gasteiger partial charge in [-0.2, -0.15) is 0 Å². The van der Waals surface area contributed by atoms with Crippen molar-refractivity contribution in [3.63, 3.8) is 0 Å². The van der Waals surface area contributed by atoms with Gasteiger partial charge in [0.25, 0.3) is 0 Å². The third-order valence-corrected chi connectivity index (χ3v) is 29.4. The molecule has 2 aromatic heterocycles. The highest BCUT2D eigenvalue weighted by atomic mass is 15.4. The average molecular weight is 1680 g/mol. The van der Waals surface area contributed by atoms with Crippen molar-refractivity contribution in [3.8, 4) is 44.5 Å². The maximum Gasteiger partial charge on any atom is 0.104 e. The SMILES string of the molecule is CC[N+](CC)(CC)Cc1ccc(C2=C3N=C(C(c4ccccc4)=C3c3ccccc3)C(c3ccc(C[N+](CC)(CC)CC)cc3)=c3[nH]c(c(-c4ccccc4)c3-c3ccccc3)=C(c3ccc(C[N+](CC)(CC)CC)cc3)C3=NC(=C(c4ccc(C[N+](CC)(CC)CC)cc4)c4[nH]c2c(-c2ccccc2)c4-c2ccccc2)C(c2ccccc2)=C3c2ccccc2)cc1. The molecule has 2 N–H and O–H groups in total. The first-order valence-corrected chi connectivity index (χ1v) is 47.4. The van der Waals surface area contributed by atoms with Crippen LogP contribution in [0.3, 0.4) is 0 Å². The van der Waals surface area contributed by atoms with Crippen LogP contribution in [-0.2, 0) is 26.2 Å². The van der Waals surface area contributed by atoms with Crippen molar-refractivity contribution in [1.82, 2.24) is 9.97 Å². The van der Waals surface area contributed by atoms with E-state index in [0.29, 0.717) is 0 Å². The highest BCUT2D eigenvalue weighted by Gasteiger charge is 2.41. The molecule has 8 bridgehead atoms. The molecule has 3 aliphatic rings. The second kappa shape index (κ2) is 38.3. The maximum absolute atomic E-state index is 6.84. The number of H-pyrrole nitrogens is 2. The van der Waals surface area contributed by atoms with E-state index in [1.54, 1.807) is 0 Å². The van der Waals surface area contributed by atoms with Crippen LogP contribution in [0.1, 0.15) is 161 Å². The molecule has 0 fully saturated rings. The van der Waals surface area contributed by atoms with E-state index in [4.69, 9.17) is 20.0 Å². The van der Waals surface area contributed by atoms with Gasteiger partial charge in [0.2, 0.25) is 0 Å². The summed E-state index contributed by atoms with van der Waals surface area (Å²) in [6.07, 6.45) is 0. The van der Waals surface area contributed by atoms with Crippen molar-refractivity contribution in [2.75, 3.05) is 78.5 Å². The van der Waals surface area contributed by atoms with E-state index < -0.39 is 0 Å². The number of nitrogens with zero attached hydrogens (tertiary/aromatic N) is 6. The number of quaternary nitrogens is 4. The number of allylic oxidation sites excluding steroid dienone is 4. The molecule has 0 spiro atoms. The Bertz CT molecular complexity index is 6140. The summed E-state index contributed by atoms with van der Waals surface area (Å²) in [5.41, 5.74) is 35.2. The molecule has 0 amide bonds. The molecule has 0 saturated carbocycles. The van der Waals surface area contributed by atoms with Gasteiger partial charge in [-0.15, -0.1) is 0 Å². The summed E-state index contributed by atoms with van der Waals surface area (Å²) in [6, 6.07) is 129. The summed E-state index contributed by atoms with van der Waals surface area (Å²) >= 11 is 0. The Kier molecular flexibility index (Phi) is 26.1. The molecule has 0 saturated heterocycles. The minimum absolute atomic E-state index is 0.848. The molecular weight excluding hydrogens is 1550 g/mol. The molecule has 128 heavy (non-hydrogen) atoms. The molecule has 8 nitrogen and oxygen atoms in total. The number of hydrogen-bond acceptors (Lipinski definition) is 2. The van der Waals surface area contributed by atoms with Crippen molar-refractivity contribution >= 4 is 56.0 Å². The zero-order valence-corrected chi connectivity index (χ0v) is 77.3. The zero-order valence-electron chi connectivity index (χ0n) is 77.3. The molecule has 8 heteroatoms. The number of aromatic nitrogens is 2. The molecule has 0 radical (unpaired) electrons. The van der Waals surface area contributed by atoms with Crippen LogP contribution in [0.5, 0.6) is 0 Å². The fourth-order valence-electron chi connectivity index (χ4n) is 20.8. The van der Waals surface area contributed by atoms with E-state index in [1.807, 2.05) is 0 Å². The minimum Gasteiger partial charge on any atom is -0.353 e. The summed E-state index contributed by atoms with van der Waals surface area (Å²) in [4.78, 5) is 23.1. The van der Waals surface area contributed by atoms with Crippen molar-refractivity contribution < 1.29 is 17.9 Å².